The maximum Gasteiger partial charge on any atom is 0.417 e. The first-order valence-electron chi connectivity index (χ1n) is 10.5. The van der Waals surface area contributed by atoms with Crippen LogP contribution in [0.2, 0.25) is 0 Å². The number of ether oxygens (including phenoxy) is 1. The van der Waals surface area contributed by atoms with E-state index >= 15 is 0 Å². The van der Waals surface area contributed by atoms with Gasteiger partial charge in [0.15, 0.2) is 5.58 Å². The van der Waals surface area contributed by atoms with Gasteiger partial charge in [0, 0.05) is 45.3 Å². The van der Waals surface area contributed by atoms with E-state index in [4.69, 9.17) is 9.15 Å². The molecule has 1 N–H and O–H groups in total. The van der Waals surface area contributed by atoms with E-state index in [2.05, 4.69) is 24.8 Å². The summed E-state index contributed by atoms with van der Waals surface area (Å²) in [4.78, 5) is 27.4. The summed E-state index contributed by atoms with van der Waals surface area (Å²) in [6, 6.07) is 6.35. The van der Waals surface area contributed by atoms with Crippen molar-refractivity contribution in [2.75, 3.05) is 62.3 Å². The van der Waals surface area contributed by atoms with E-state index in [0.717, 1.165) is 24.7 Å². The van der Waals surface area contributed by atoms with Crippen LogP contribution in [0.15, 0.2) is 38.4 Å². The Balaban J connectivity index is 1.32. The van der Waals surface area contributed by atoms with Crippen molar-refractivity contribution in [3.63, 3.8) is 0 Å². The Morgan fingerprint density at radius 2 is 1.59 bits per heavy atom. The summed E-state index contributed by atoms with van der Waals surface area (Å²) < 4.78 is 38.1. The van der Waals surface area contributed by atoms with Gasteiger partial charge in [0.25, 0.3) is 0 Å². The van der Waals surface area contributed by atoms with Gasteiger partial charge in [-0.15, -0.1) is 0 Å². The van der Waals surface area contributed by atoms with Crippen LogP contribution in [0.1, 0.15) is 5.82 Å². The molecule has 0 amide bonds. The molecular weight excluding hydrogens is 436 g/mol. The molecule has 2 saturated heterocycles. The van der Waals surface area contributed by atoms with E-state index in [0.29, 0.717) is 56.3 Å². The molecule has 3 aromatic rings. The molecule has 0 bridgehead atoms. The normalized spacial score (nSPS) is 18.4. The number of sulfonamides is 1. The maximum absolute atomic E-state index is 13.1. The van der Waals surface area contributed by atoms with Crippen molar-refractivity contribution in [2.24, 2.45) is 0 Å². The number of hydrogen-bond donors (Lipinski definition) is 1. The highest BCUT2D eigenvalue weighted by Gasteiger charge is 2.30. The van der Waals surface area contributed by atoms with Crippen LogP contribution in [-0.2, 0) is 14.8 Å². The number of aromatic amines is 1. The van der Waals surface area contributed by atoms with E-state index in [1.54, 1.807) is 0 Å². The van der Waals surface area contributed by atoms with E-state index < -0.39 is 15.8 Å². The molecule has 4 heterocycles. The Morgan fingerprint density at radius 1 is 0.938 bits per heavy atom. The van der Waals surface area contributed by atoms with Crippen molar-refractivity contribution >= 4 is 32.8 Å². The van der Waals surface area contributed by atoms with E-state index in [-0.39, 0.29) is 4.90 Å². The van der Waals surface area contributed by atoms with Crippen LogP contribution in [0.25, 0.3) is 11.1 Å². The molecule has 2 aromatic heterocycles. The van der Waals surface area contributed by atoms with Gasteiger partial charge in [0.05, 0.1) is 23.6 Å². The fourth-order valence-electron chi connectivity index (χ4n) is 4.05. The topological polar surface area (TPSA) is 125 Å². The summed E-state index contributed by atoms with van der Waals surface area (Å²) in [7, 11) is -3.70. The number of fused-ring (bicyclic) bond motifs is 1. The summed E-state index contributed by atoms with van der Waals surface area (Å²) in [5.74, 6) is 1.74. The van der Waals surface area contributed by atoms with Crippen LogP contribution in [0.5, 0.6) is 0 Å². The number of nitrogens with one attached hydrogen (secondary N) is 1. The Bertz CT molecular complexity index is 1290. The van der Waals surface area contributed by atoms with Crippen LogP contribution in [0.3, 0.4) is 0 Å². The Labute approximate surface area is 184 Å². The average molecular weight is 461 g/mol. The van der Waals surface area contributed by atoms with Gasteiger partial charge in [-0.05, 0) is 25.1 Å². The molecule has 0 saturated carbocycles. The summed E-state index contributed by atoms with van der Waals surface area (Å²) in [6.45, 7) is 6.48. The zero-order chi connectivity index (χ0) is 22.3. The molecule has 2 aliphatic heterocycles. The Kier molecular flexibility index (Phi) is 5.35. The van der Waals surface area contributed by atoms with Gasteiger partial charge in [0.1, 0.15) is 17.5 Å². The van der Waals surface area contributed by atoms with Gasteiger partial charge in [-0.3, -0.25) is 4.98 Å². The predicted octanol–water partition coefficient (Wildman–Crippen LogP) is 0.567. The summed E-state index contributed by atoms with van der Waals surface area (Å²) in [6.07, 6.45) is 0. The SMILES string of the molecule is Cc1nc(N2CCOCC2)cc(N2CCN(S(=O)(=O)c3ccc4oc(=O)[nH]c4c3)CC2)n1. The van der Waals surface area contributed by atoms with Crippen molar-refractivity contribution in [3.05, 3.63) is 40.6 Å². The molecule has 32 heavy (non-hydrogen) atoms. The maximum atomic E-state index is 13.1. The fourth-order valence-corrected chi connectivity index (χ4v) is 5.50. The molecule has 12 heteroatoms. The number of oxazole rings is 1. The van der Waals surface area contributed by atoms with Crippen molar-refractivity contribution in [2.45, 2.75) is 11.8 Å². The molecule has 0 spiro atoms. The van der Waals surface area contributed by atoms with E-state index in [1.165, 1.54) is 22.5 Å². The lowest BCUT2D eigenvalue weighted by Crippen LogP contribution is -2.49. The summed E-state index contributed by atoms with van der Waals surface area (Å²) in [5, 5.41) is 0. The van der Waals surface area contributed by atoms with Crippen LogP contribution in [0, 0.1) is 6.92 Å². The number of rotatable bonds is 4. The van der Waals surface area contributed by atoms with Crippen LogP contribution >= 0.6 is 0 Å². The number of morpholine rings is 1. The summed E-state index contributed by atoms with van der Waals surface area (Å²) >= 11 is 0. The largest absolute Gasteiger partial charge is 0.417 e. The third-order valence-electron chi connectivity index (χ3n) is 5.74. The van der Waals surface area contributed by atoms with Gasteiger partial charge >= 0.3 is 5.76 Å². The standard InChI is InChI=1S/C20H24N6O5S/c1-14-21-18(13-19(22-14)25-8-10-30-11-9-25)24-4-6-26(7-5-24)32(28,29)15-2-3-17-16(12-15)23-20(27)31-17/h2-3,12-13H,4-11H2,1H3,(H,23,27). The molecule has 0 atom stereocenters. The molecule has 11 nitrogen and oxygen atoms in total. The number of piperazine rings is 1. The number of benzene rings is 1. The first-order chi connectivity index (χ1) is 15.4. The van der Waals surface area contributed by atoms with Crippen LogP contribution in [0.4, 0.5) is 11.6 Å². The van der Waals surface area contributed by atoms with Crippen molar-refractivity contribution in [3.8, 4) is 0 Å². The van der Waals surface area contributed by atoms with Crippen molar-refractivity contribution in [1.82, 2.24) is 19.3 Å². The number of anilines is 2. The zero-order valence-electron chi connectivity index (χ0n) is 17.7. The second-order valence-corrected chi connectivity index (χ2v) is 9.73. The zero-order valence-corrected chi connectivity index (χ0v) is 18.5. The molecule has 2 fully saturated rings. The monoisotopic (exact) mass is 460 g/mol. The van der Waals surface area contributed by atoms with Gasteiger partial charge < -0.3 is 19.0 Å². The molecule has 2 aliphatic rings. The summed E-state index contributed by atoms with van der Waals surface area (Å²) in [5.41, 5.74) is 0.691. The van der Waals surface area contributed by atoms with Gasteiger partial charge in [-0.2, -0.15) is 4.31 Å². The highest BCUT2D eigenvalue weighted by atomic mass is 32.2. The third-order valence-corrected chi connectivity index (χ3v) is 7.63. The second kappa shape index (κ2) is 8.19. The van der Waals surface area contributed by atoms with Gasteiger partial charge in [-0.1, -0.05) is 0 Å². The first kappa shape index (κ1) is 20.9. The van der Waals surface area contributed by atoms with Crippen molar-refractivity contribution < 1.29 is 17.6 Å². The van der Waals surface area contributed by atoms with Crippen LogP contribution < -0.4 is 15.6 Å². The number of aromatic nitrogens is 3. The minimum atomic E-state index is -3.70. The predicted molar refractivity (Wildman–Crippen MR) is 118 cm³/mol. The number of nitrogens with zero attached hydrogens (tertiary/aromatic N) is 5. The lowest BCUT2D eigenvalue weighted by atomic mass is 10.3. The fraction of sp³-hybridized carbons (Fsp3) is 0.450. The number of aryl methyl sites for hydroxylation is 1. The molecule has 5 rings (SSSR count). The lowest BCUT2D eigenvalue weighted by molar-refractivity contribution is 0.122. The minimum absolute atomic E-state index is 0.128. The minimum Gasteiger partial charge on any atom is -0.408 e. The second-order valence-electron chi connectivity index (χ2n) is 7.79. The van der Waals surface area contributed by atoms with E-state index in [9.17, 15) is 13.2 Å². The van der Waals surface area contributed by atoms with Crippen LogP contribution in [-0.4, -0.2) is 80.2 Å². The molecular formula is C20H24N6O5S. The highest BCUT2D eigenvalue weighted by molar-refractivity contribution is 7.89. The van der Waals surface area contributed by atoms with E-state index in [1.807, 2.05) is 13.0 Å². The molecule has 170 valence electrons. The highest BCUT2D eigenvalue weighted by Crippen LogP contribution is 2.24. The number of hydrogen-bond acceptors (Lipinski definition) is 9. The van der Waals surface area contributed by atoms with Crippen molar-refractivity contribution in [1.29, 1.82) is 0 Å². The average Bonchev–Trinajstić information content (AvgIpc) is 3.18. The number of H-pyrrole nitrogens is 1. The molecule has 0 radical (unpaired) electrons. The van der Waals surface area contributed by atoms with Gasteiger partial charge in [-0.25, -0.2) is 23.2 Å². The molecule has 0 aliphatic carbocycles. The molecule has 0 unspecified atom stereocenters. The Morgan fingerprint density at radius 3 is 2.28 bits per heavy atom. The lowest BCUT2D eigenvalue weighted by Gasteiger charge is -2.35. The quantitative estimate of drug-likeness (QED) is 0.595. The third kappa shape index (κ3) is 3.96. The Hall–Kier alpha value is -2.96. The molecule has 1 aromatic carbocycles. The first-order valence-corrected chi connectivity index (χ1v) is 11.9. The van der Waals surface area contributed by atoms with Gasteiger partial charge in [0.2, 0.25) is 10.0 Å². The smallest absolute Gasteiger partial charge is 0.408 e.